The van der Waals surface area contributed by atoms with E-state index in [0.29, 0.717) is 13.1 Å². The maximum atomic E-state index is 12.0. The zero-order valence-corrected chi connectivity index (χ0v) is 25.6. The van der Waals surface area contributed by atoms with Gasteiger partial charge < -0.3 is 29.6 Å². The molecule has 5 aromatic rings. The maximum Gasteiger partial charge on any atom is 0.303 e. The molecule has 1 saturated heterocycles. The van der Waals surface area contributed by atoms with E-state index in [2.05, 4.69) is 27.9 Å². The number of nitrogens with one attached hydrogen (secondary N) is 1. The van der Waals surface area contributed by atoms with Crippen molar-refractivity contribution < 1.29 is 29.3 Å². The van der Waals surface area contributed by atoms with Gasteiger partial charge in [0, 0.05) is 24.4 Å². The van der Waals surface area contributed by atoms with Crippen molar-refractivity contribution in [1.82, 2.24) is 14.9 Å². The van der Waals surface area contributed by atoms with Crippen molar-refractivity contribution in [3.05, 3.63) is 126 Å². The van der Waals surface area contributed by atoms with E-state index in [0.717, 1.165) is 44.4 Å². The number of benzene rings is 4. The molecular formula is C37H37N3O6. The summed E-state index contributed by atoms with van der Waals surface area (Å²) in [6.07, 6.45) is 0.633. The largest absolute Gasteiger partial charge is 0.481 e. The number of aliphatic hydroxyl groups excluding tert-OH is 1. The minimum atomic E-state index is -0.992. The molecule has 3 N–H and O–H groups in total. The molecule has 2 heterocycles. The Balaban J connectivity index is 1.21. The number of aliphatic carboxylic acids is 1. The molecule has 236 valence electrons. The van der Waals surface area contributed by atoms with Crippen molar-refractivity contribution in [2.45, 2.75) is 58.0 Å². The number of hydrogen-bond donors (Lipinski definition) is 3. The Labute approximate surface area is 267 Å². The van der Waals surface area contributed by atoms with Crippen LogP contribution in [0.5, 0.6) is 0 Å². The number of para-hydroxylation sites is 2. The highest BCUT2D eigenvalue weighted by Gasteiger charge is 2.38. The summed E-state index contributed by atoms with van der Waals surface area (Å²) in [5.41, 5.74) is 7.69. The third-order valence-electron chi connectivity index (χ3n) is 8.53. The second kappa shape index (κ2) is 14.1. The van der Waals surface area contributed by atoms with E-state index in [1.165, 1.54) is 0 Å². The number of hydrogen-bond acceptors (Lipinski definition) is 6. The van der Waals surface area contributed by atoms with Gasteiger partial charge in [0.2, 0.25) is 5.91 Å². The summed E-state index contributed by atoms with van der Waals surface area (Å²) < 4.78 is 15.5. The molecule has 4 atom stereocenters. The molecule has 0 saturated carbocycles. The van der Waals surface area contributed by atoms with Crippen LogP contribution < -0.4 is 5.32 Å². The quantitative estimate of drug-likeness (QED) is 0.162. The van der Waals surface area contributed by atoms with Gasteiger partial charge in [-0.1, -0.05) is 85.8 Å². The van der Waals surface area contributed by atoms with Crippen molar-refractivity contribution >= 4 is 22.9 Å². The van der Waals surface area contributed by atoms with Crippen LogP contribution in [0.1, 0.15) is 54.4 Å². The third kappa shape index (κ3) is 7.18. The lowest BCUT2D eigenvalue weighted by atomic mass is 9.90. The van der Waals surface area contributed by atoms with Gasteiger partial charge in [-0.05, 0) is 46.0 Å². The Kier molecular flexibility index (Phi) is 9.54. The fourth-order valence-corrected chi connectivity index (χ4v) is 5.88. The van der Waals surface area contributed by atoms with Gasteiger partial charge in [-0.15, -0.1) is 0 Å². The average molecular weight is 620 g/mol. The van der Waals surface area contributed by atoms with E-state index in [1.54, 1.807) is 0 Å². The minimum Gasteiger partial charge on any atom is -0.481 e. The molecule has 0 radical (unpaired) electrons. The lowest BCUT2D eigenvalue weighted by Crippen LogP contribution is -2.39. The van der Waals surface area contributed by atoms with Gasteiger partial charge in [0.15, 0.2) is 6.29 Å². The molecule has 1 fully saturated rings. The molecule has 0 spiro atoms. The number of imidazole rings is 1. The highest BCUT2D eigenvalue weighted by molar-refractivity contribution is 5.80. The van der Waals surface area contributed by atoms with Crippen molar-refractivity contribution in [2.75, 3.05) is 0 Å². The van der Waals surface area contributed by atoms with Crippen LogP contribution in [0.4, 0.5) is 0 Å². The van der Waals surface area contributed by atoms with Crippen LogP contribution in [0.15, 0.2) is 103 Å². The van der Waals surface area contributed by atoms with Gasteiger partial charge in [-0.25, -0.2) is 4.98 Å². The van der Waals surface area contributed by atoms with Gasteiger partial charge in [-0.3, -0.25) is 9.59 Å². The Morgan fingerprint density at radius 2 is 1.61 bits per heavy atom. The first-order chi connectivity index (χ1) is 22.4. The van der Waals surface area contributed by atoms with Crippen LogP contribution in [0.2, 0.25) is 0 Å². The van der Waals surface area contributed by atoms with Gasteiger partial charge in [0.05, 0.1) is 49.1 Å². The summed E-state index contributed by atoms with van der Waals surface area (Å²) in [5.74, 6) is -1.25. The highest BCUT2D eigenvalue weighted by Crippen LogP contribution is 2.42. The van der Waals surface area contributed by atoms with E-state index >= 15 is 0 Å². The molecule has 1 amide bonds. The summed E-state index contributed by atoms with van der Waals surface area (Å²) >= 11 is 0. The van der Waals surface area contributed by atoms with Gasteiger partial charge in [0.25, 0.3) is 0 Å². The second-order valence-electron chi connectivity index (χ2n) is 11.7. The Morgan fingerprint density at radius 3 is 2.37 bits per heavy atom. The fourth-order valence-electron chi connectivity index (χ4n) is 5.88. The van der Waals surface area contributed by atoms with E-state index in [1.807, 2.05) is 97.3 Å². The molecule has 0 bridgehead atoms. The van der Waals surface area contributed by atoms with E-state index < -0.39 is 12.3 Å². The SMILES string of the molecule is CC1C(Cn2cnc3ccccc32)OC(c2ccc(-c3cccc(CNC(=O)CCC(=O)O)c3)cc2)OC1c1ccc(CO)cc1. The predicted molar refractivity (Wildman–Crippen MR) is 173 cm³/mol. The maximum absolute atomic E-state index is 12.0. The van der Waals surface area contributed by atoms with Crippen LogP contribution in [-0.4, -0.2) is 37.7 Å². The smallest absolute Gasteiger partial charge is 0.303 e. The third-order valence-corrected chi connectivity index (χ3v) is 8.53. The number of aliphatic hydroxyl groups is 1. The van der Waals surface area contributed by atoms with Crippen LogP contribution in [0.3, 0.4) is 0 Å². The van der Waals surface area contributed by atoms with Crippen molar-refractivity contribution in [2.24, 2.45) is 5.92 Å². The molecule has 46 heavy (non-hydrogen) atoms. The number of carboxylic acids is 1. The number of carbonyl (C=O) groups is 2. The average Bonchev–Trinajstić information content (AvgIpc) is 3.50. The lowest BCUT2D eigenvalue weighted by molar-refractivity contribution is -0.276. The first-order valence-electron chi connectivity index (χ1n) is 15.5. The molecule has 6 rings (SSSR count). The number of rotatable bonds is 11. The predicted octanol–water partition coefficient (Wildman–Crippen LogP) is 6.17. The molecule has 1 aliphatic rings. The summed E-state index contributed by atoms with van der Waals surface area (Å²) in [7, 11) is 0. The van der Waals surface area contributed by atoms with Crippen LogP contribution >= 0.6 is 0 Å². The number of aromatic nitrogens is 2. The topological polar surface area (TPSA) is 123 Å². The standard InChI is InChI=1S/C37H37N3O6/c1-24-33(21-40-23-39-31-7-2-3-8-32(31)40)45-37(46-36(24)28-11-9-25(22-41)10-12-28)29-15-13-27(14-16-29)30-6-4-5-26(19-30)20-38-34(42)17-18-35(43)44/h2-16,19,23-24,33,36-37,41H,17-18,20-22H2,1H3,(H,38,42)(H,43,44). The first-order valence-corrected chi connectivity index (χ1v) is 15.5. The van der Waals surface area contributed by atoms with Crippen molar-refractivity contribution in [1.29, 1.82) is 0 Å². The number of nitrogens with zero attached hydrogens (tertiary/aromatic N) is 2. The van der Waals surface area contributed by atoms with Crippen LogP contribution in [0.25, 0.3) is 22.2 Å². The Morgan fingerprint density at radius 1 is 0.848 bits per heavy atom. The number of carboxylic acid groups (broad SMARTS) is 1. The number of fused-ring (bicyclic) bond motifs is 1. The lowest BCUT2D eigenvalue weighted by Gasteiger charge is -2.41. The summed E-state index contributed by atoms with van der Waals surface area (Å²) in [6, 6.07) is 32.0. The number of amides is 1. The van der Waals surface area contributed by atoms with E-state index in [-0.39, 0.29) is 43.5 Å². The van der Waals surface area contributed by atoms with Crippen molar-refractivity contribution in [3.8, 4) is 11.1 Å². The minimum absolute atomic E-state index is 0.0138. The molecular weight excluding hydrogens is 582 g/mol. The second-order valence-corrected chi connectivity index (χ2v) is 11.7. The zero-order chi connectivity index (χ0) is 32.0. The Bertz CT molecular complexity index is 1800. The summed E-state index contributed by atoms with van der Waals surface area (Å²) in [5, 5.41) is 21.2. The molecule has 9 heteroatoms. The molecule has 0 aliphatic carbocycles. The van der Waals surface area contributed by atoms with E-state index in [4.69, 9.17) is 14.6 Å². The Hall–Kier alpha value is -4.83. The summed E-state index contributed by atoms with van der Waals surface area (Å²) in [4.78, 5) is 27.3. The van der Waals surface area contributed by atoms with Gasteiger partial charge >= 0.3 is 5.97 Å². The number of carbonyl (C=O) groups excluding carboxylic acids is 1. The van der Waals surface area contributed by atoms with Crippen LogP contribution in [-0.2, 0) is 38.8 Å². The van der Waals surface area contributed by atoms with E-state index in [9.17, 15) is 14.7 Å². The molecule has 4 unspecified atom stereocenters. The summed E-state index contributed by atoms with van der Waals surface area (Å²) in [6.45, 7) is 3.07. The monoisotopic (exact) mass is 619 g/mol. The normalized spacial score (nSPS) is 19.6. The number of ether oxygens (including phenoxy) is 2. The van der Waals surface area contributed by atoms with Gasteiger partial charge in [-0.2, -0.15) is 0 Å². The molecule has 1 aromatic heterocycles. The van der Waals surface area contributed by atoms with Gasteiger partial charge in [0.1, 0.15) is 0 Å². The molecule has 9 nitrogen and oxygen atoms in total. The molecule has 4 aromatic carbocycles. The zero-order valence-electron chi connectivity index (χ0n) is 25.6. The fraction of sp³-hybridized carbons (Fsp3) is 0.270. The first kappa shape index (κ1) is 31.2. The molecule has 1 aliphatic heterocycles. The van der Waals surface area contributed by atoms with Crippen LogP contribution in [0, 0.1) is 5.92 Å². The van der Waals surface area contributed by atoms with Crippen molar-refractivity contribution in [3.63, 3.8) is 0 Å². The highest BCUT2D eigenvalue weighted by atomic mass is 16.7.